The van der Waals surface area contributed by atoms with Gasteiger partial charge in [-0.05, 0) is 25.1 Å². The van der Waals surface area contributed by atoms with E-state index in [1.54, 1.807) is 38.1 Å². The number of rotatable bonds is 4. The van der Waals surface area contributed by atoms with Gasteiger partial charge in [0.1, 0.15) is 0 Å². The second kappa shape index (κ2) is 6.55. The van der Waals surface area contributed by atoms with Crippen molar-refractivity contribution in [3.05, 3.63) is 29.8 Å². The highest BCUT2D eigenvalue weighted by Crippen LogP contribution is 2.11. The summed E-state index contributed by atoms with van der Waals surface area (Å²) in [7, 11) is 0. The zero-order valence-electron chi connectivity index (χ0n) is 11.1. The number of nitrogens with zero attached hydrogens (tertiary/aromatic N) is 1. The third-order valence-electron chi connectivity index (χ3n) is 2.39. The highest BCUT2D eigenvalue weighted by Gasteiger charge is 2.19. The molecule has 5 nitrogen and oxygen atoms in total. The Labute approximate surface area is 112 Å². The van der Waals surface area contributed by atoms with Crippen molar-refractivity contribution < 1.29 is 14.3 Å². The molecule has 0 aliphatic carbocycles. The summed E-state index contributed by atoms with van der Waals surface area (Å²) in [5.41, 5.74) is 0.945. The largest absolute Gasteiger partial charge is 0.452 e. The molecule has 0 saturated carbocycles. The number of anilines is 1. The maximum Gasteiger partial charge on any atom is 0.309 e. The predicted molar refractivity (Wildman–Crippen MR) is 70.2 cm³/mol. The molecule has 0 aliphatic heterocycles. The lowest BCUT2D eigenvalue weighted by atomic mass is 10.2. The number of hydrogen-bond donors (Lipinski definition) is 1. The number of nitrogens with one attached hydrogen (secondary N) is 1. The normalized spacial score (nSPS) is 11.5. The average Bonchev–Trinajstić information content (AvgIpc) is 2.38. The Morgan fingerprint density at radius 3 is 2.58 bits per heavy atom. The van der Waals surface area contributed by atoms with Crippen LogP contribution in [0.3, 0.4) is 0 Å². The molecule has 0 saturated heterocycles. The Morgan fingerprint density at radius 2 is 2.00 bits per heavy atom. The molecular weight excluding hydrogens is 244 g/mol. The van der Waals surface area contributed by atoms with Gasteiger partial charge in [-0.1, -0.05) is 19.9 Å². The summed E-state index contributed by atoms with van der Waals surface area (Å²) >= 11 is 0. The Bertz CT molecular complexity index is 518. The molecule has 0 aliphatic rings. The number of carbonyl (C=O) groups is 2. The molecule has 1 N–H and O–H groups in total. The molecule has 1 amide bonds. The summed E-state index contributed by atoms with van der Waals surface area (Å²) in [6.45, 7) is 4.90. The minimum Gasteiger partial charge on any atom is -0.452 e. The number of ether oxygens (including phenoxy) is 1. The molecule has 0 unspecified atom stereocenters. The SMILES string of the molecule is CC(C)C(=O)O[C@H](C)C(=O)Nc1cccc(C#N)c1. The van der Waals surface area contributed by atoms with Crippen molar-refractivity contribution in [2.45, 2.75) is 26.9 Å². The van der Waals surface area contributed by atoms with Crippen LogP contribution in [0, 0.1) is 17.2 Å². The Kier molecular flexibility index (Phi) is 5.07. The van der Waals surface area contributed by atoms with E-state index < -0.39 is 18.0 Å². The van der Waals surface area contributed by atoms with Crippen molar-refractivity contribution >= 4 is 17.6 Å². The summed E-state index contributed by atoms with van der Waals surface area (Å²) in [5.74, 6) is -1.13. The minimum atomic E-state index is -0.874. The Hall–Kier alpha value is -2.35. The zero-order valence-corrected chi connectivity index (χ0v) is 11.1. The van der Waals surface area contributed by atoms with Crippen LogP contribution in [0.15, 0.2) is 24.3 Å². The van der Waals surface area contributed by atoms with Crippen LogP contribution in [0.2, 0.25) is 0 Å². The van der Waals surface area contributed by atoms with Crippen LogP contribution in [0.1, 0.15) is 26.3 Å². The standard InChI is InChI=1S/C14H16N2O3/c1-9(2)14(18)19-10(3)13(17)16-12-6-4-5-11(7-12)8-15/h4-7,9-10H,1-3H3,(H,16,17)/t10-/m1/s1. The number of hydrogen-bond acceptors (Lipinski definition) is 4. The van der Waals surface area contributed by atoms with E-state index in [1.807, 2.05) is 6.07 Å². The van der Waals surface area contributed by atoms with Crippen LogP contribution < -0.4 is 5.32 Å². The van der Waals surface area contributed by atoms with Gasteiger partial charge in [-0.3, -0.25) is 9.59 Å². The molecule has 1 atom stereocenters. The zero-order chi connectivity index (χ0) is 14.4. The lowest BCUT2D eigenvalue weighted by Gasteiger charge is -2.14. The van der Waals surface area contributed by atoms with Crippen LogP contribution in [-0.4, -0.2) is 18.0 Å². The van der Waals surface area contributed by atoms with Gasteiger partial charge >= 0.3 is 5.97 Å². The van der Waals surface area contributed by atoms with Gasteiger partial charge in [0.15, 0.2) is 6.10 Å². The minimum absolute atomic E-state index is 0.280. The van der Waals surface area contributed by atoms with Crippen molar-refractivity contribution in [1.29, 1.82) is 5.26 Å². The monoisotopic (exact) mass is 260 g/mol. The van der Waals surface area contributed by atoms with E-state index in [-0.39, 0.29) is 5.92 Å². The molecule has 0 spiro atoms. The van der Waals surface area contributed by atoms with E-state index in [4.69, 9.17) is 10.00 Å². The van der Waals surface area contributed by atoms with Gasteiger partial charge in [0.25, 0.3) is 5.91 Å². The molecular formula is C14H16N2O3. The molecule has 19 heavy (non-hydrogen) atoms. The number of benzene rings is 1. The van der Waals surface area contributed by atoms with E-state index in [2.05, 4.69) is 5.32 Å². The predicted octanol–water partition coefficient (Wildman–Crippen LogP) is 2.08. The number of esters is 1. The van der Waals surface area contributed by atoms with E-state index in [9.17, 15) is 9.59 Å². The topological polar surface area (TPSA) is 79.2 Å². The van der Waals surface area contributed by atoms with Crippen LogP contribution >= 0.6 is 0 Å². The van der Waals surface area contributed by atoms with Crippen LogP contribution in [-0.2, 0) is 14.3 Å². The van der Waals surface area contributed by atoms with Crippen LogP contribution in [0.25, 0.3) is 0 Å². The third kappa shape index (κ3) is 4.43. The molecule has 1 rings (SSSR count). The molecule has 0 bridgehead atoms. The van der Waals surface area contributed by atoms with Gasteiger partial charge in [0, 0.05) is 5.69 Å². The van der Waals surface area contributed by atoms with E-state index in [1.165, 1.54) is 6.92 Å². The van der Waals surface area contributed by atoms with E-state index in [0.717, 1.165) is 0 Å². The molecule has 100 valence electrons. The molecule has 1 aromatic carbocycles. The summed E-state index contributed by atoms with van der Waals surface area (Å²) in [5, 5.41) is 11.3. The first kappa shape index (κ1) is 14.7. The average molecular weight is 260 g/mol. The molecule has 0 fully saturated rings. The second-order valence-electron chi connectivity index (χ2n) is 4.42. The highest BCUT2D eigenvalue weighted by molar-refractivity contribution is 5.95. The Balaban J connectivity index is 2.64. The fourth-order valence-corrected chi connectivity index (χ4v) is 1.27. The van der Waals surface area contributed by atoms with Crippen LogP contribution in [0.4, 0.5) is 5.69 Å². The van der Waals surface area contributed by atoms with Gasteiger partial charge in [0.2, 0.25) is 0 Å². The molecule has 0 heterocycles. The van der Waals surface area contributed by atoms with Crippen LogP contribution in [0.5, 0.6) is 0 Å². The fourth-order valence-electron chi connectivity index (χ4n) is 1.27. The first-order valence-electron chi connectivity index (χ1n) is 5.95. The molecule has 0 aromatic heterocycles. The summed E-state index contributed by atoms with van der Waals surface area (Å²) in [6, 6.07) is 8.50. The lowest BCUT2D eigenvalue weighted by molar-refractivity contribution is -0.156. The highest BCUT2D eigenvalue weighted by atomic mass is 16.5. The van der Waals surface area contributed by atoms with Gasteiger partial charge in [-0.15, -0.1) is 0 Å². The van der Waals surface area contributed by atoms with Crippen molar-refractivity contribution in [1.82, 2.24) is 0 Å². The van der Waals surface area contributed by atoms with Crippen molar-refractivity contribution in [3.63, 3.8) is 0 Å². The number of amides is 1. The fraction of sp³-hybridized carbons (Fsp3) is 0.357. The molecule has 0 radical (unpaired) electrons. The van der Waals surface area contributed by atoms with Gasteiger partial charge in [0.05, 0.1) is 17.6 Å². The second-order valence-corrected chi connectivity index (χ2v) is 4.42. The summed E-state index contributed by atoms with van der Waals surface area (Å²) < 4.78 is 4.99. The van der Waals surface area contributed by atoms with E-state index >= 15 is 0 Å². The summed E-state index contributed by atoms with van der Waals surface area (Å²) in [4.78, 5) is 23.2. The number of nitriles is 1. The van der Waals surface area contributed by atoms with Gasteiger partial charge in [-0.2, -0.15) is 5.26 Å². The van der Waals surface area contributed by atoms with E-state index in [0.29, 0.717) is 11.3 Å². The van der Waals surface area contributed by atoms with Crippen molar-refractivity contribution in [3.8, 4) is 6.07 Å². The lowest BCUT2D eigenvalue weighted by Crippen LogP contribution is -2.31. The van der Waals surface area contributed by atoms with Crippen molar-refractivity contribution in [2.24, 2.45) is 5.92 Å². The first-order chi connectivity index (χ1) is 8.93. The van der Waals surface area contributed by atoms with Crippen molar-refractivity contribution in [2.75, 3.05) is 5.32 Å². The van der Waals surface area contributed by atoms with Gasteiger partial charge < -0.3 is 10.1 Å². The molecule has 1 aromatic rings. The maximum absolute atomic E-state index is 11.8. The third-order valence-corrected chi connectivity index (χ3v) is 2.39. The Morgan fingerprint density at radius 1 is 1.32 bits per heavy atom. The number of carbonyl (C=O) groups excluding carboxylic acids is 2. The quantitative estimate of drug-likeness (QED) is 0.840. The first-order valence-corrected chi connectivity index (χ1v) is 5.95. The maximum atomic E-state index is 11.8. The molecule has 5 heteroatoms. The van der Waals surface area contributed by atoms with Gasteiger partial charge in [-0.25, -0.2) is 0 Å². The smallest absolute Gasteiger partial charge is 0.309 e. The summed E-state index contributed by atoms with van der Waals surface area (Å²) in [6.07, 6.45) is -0.874.